The summed E-state index contributed by atoms with van der Waals surface area (Å²) in [4.78, 5) is 7.25. The molecule has 0 spiro atoms. The summed E-state index contributed by atoms with van der Waals surface area (Å²) < 4.78 is 0. The molecule has 0 aliphatic carbocycles. The van der Waals surface area contributed by atoms with Crippen LogP contribution in [0.2, 0.25) is 0 Å². The Kier molecular flexibility index (Phi) is 6.81. The fourth-order valence-electron chi connectivity index (χ4n) is 2.27. The van der Waals surface area contributed by atoms with Gasteiger partial charge in [-0.25, -0.2) is 4.98 Å². The lowest BCUT2D eigenvalue weighted by atomic mass is 10.1. The van der Waals surface area contributed by atoms with E-state index in [4.69, 9.17) is 16.6 Å². The van der Waals surface area contributed by atoms with Crippen LogP contribution in [0.1, 0.15) is 58.7 Å². The summed E-state index contributed by atoms with van der Waals surface area (Å²) in [5, 5.41) is 0. The van der Waals surface area contributed by atoms with Gasteiger partial charge in [-0.3, -0.25) is 0 Å². The summed E-state index contributed by atoms with van der Waals surface area (Å²) in [7, 11) is 0. The van der Waals surface area contributed by atoms with Crippen LogP contribution in [0.25, 0.3) is 0 Å². The van der Waals surface area contributed by atoms with Crippen LogP contribution in [0.5, 0.6) is 0 Å². The predicted octanol–water partition coefficient (Wildman–Crippen LogP) is 5.06. The molecule has 0 fully saturated rings. The zero-order chi connectivity index (χ0) is 15.3. The van der Waals surface area contributed by atoms with Crippen molar-refractivity contribution in [3.05, 3.63) is 23.4 Å². The molecule has 2 nitrogen and oxygen atoms in total. The second-order valence-electron chi connectivity index (χ2n) is 6.74. The van der Waals surface area contributed by atoms with Gasteiger partial charge in [-0.05, 0) is 35.4 Å². The molecule has 0 aliphatic rings. The number of halogens is 1. The first-order valence-electron chi connectivity index (χ1n) is 7.65. The Morgan fingerprint density at radius 1 is 1.00 bits per heavy atom. The molecule has 0 amide bonds. The topological polar surface area (TPSA) is 16.1 Å². The van der Waals surface area contributed by atoms with Crippen molar-refractivity contribution in [2.24, 2.45) is 11.8 Å². The smallest absolute Gasteiger partial charge is 0.129 e. The van der Waals surface area contributed by atoms with Gasteiger partial charge < -0.3 is 4.90 Å². The van der Waals surface area contributed by atoms with Crippen molar-refractivity contribution in [3.8, 4) is 0 Å². The van der Waals surface area contributed by atoms with Crippen LogP contribution >= 0.6 is 11.6 Å². The van der Waals surface area contributed by atoms with E-state index in [1.165, 1.54) is 0 Å². The normalized spacial score (nSPS) is 11.7. The first-order chi connectivity index (χ1) is 9.33. The van der Waals surface area contributed by atoms with E-state index < -0.39 is 0 Å². The maximum absolute atomic E-state index is 6.05. The Bertz CT molecular complexity index is 403. The fourth-order valence-corrected chi connectivity index (χ4v) is 2.43. The van der Waals surface area contributed by atoms with E-state index in [1.54, 1.807) is 0 Å². The average Bonchev–Trinajstić information content (AvgIpc) is 2.36. The minimum absolute atomic E-state index is 0.428. The Morgan fingerprint density at radius 2 is 1.55 bits per heavy atom. The third-order valence-electron chi connectivity index (χ3n) is 3.13. The second kappa shape index (κ2) is 7.87. The van der Waals surface area contributed by atoms with Gasteiger partial charge in [0.25, 0.3) is 0 Å². The van der Waals surface area contributed by atoms with Crippen molar-refractivity contribution in [2.45, 2.75) is 53.3 Å². The molecular weight excluding hydrogens is 268 g/mol. The zero-order valence-electron chi connectivity index (χ0n) is 13.8. The minimum Gasteiger partial charge on any atom is -0.356 e. The highest BCUT2D eigenvalue weighted by molar-refractivity contribution is 6.17. The lowest BCUT2D eigenvalue weighted by molar-refractivity contribution is 0.547. The molecule has 0 saturated heterocycles. The first-order valence-corrected chi connectivity index (χ1v) is 8.18. The lowest BCUT2D eigenvalue weighted by Gasteiger charge is -2.28. The number of pyridine rings is 1. The number of hydrogen-bond donors (Lipinski definition) is 0. The van der Waals surface area contributed by atoms with Crippen molar-refractivity contribution >= 4 is 17.4 Å². The molecule has 0 N–H and O–H groups in total. The van der Waals surface area contributed by atoms with Crippen molar-refractivity contribution < 1.29 is 0 Å². The Labute approximate surface area is 129 Å². The van der Waals surface area contributed by atoms with Crippen molar-refractivity contribution in [2.75, 3.05) is 18.0 Å². The van der Waals surface area contributed by atoms with Crippen LogP contribution in [0.15, 0.2) is 12.1 Å². The summed E-state index contributed by atoms with van der Waals surface area (Å²) in [6.07, 6.45) is 0. The summed E-state index contributed by atoms with van der Waals surface area (Å²) >= 11 is 6.05. The average molecular weight is 297 g/mol. The highest BCUT2D eigenvalue weighted by Crippen LogP contribution is 2.23. The molecule has 114 valence electrons. The van der Waals surface area contributed by atoms with Gasteiger partial charge in [-0.2, -0.15) is 0 Å². The maximum Gasteiger partial charge on any atom is 0.129 e. The number of alkyl halides is 1. The van der Waals surface area contributed by atoms with Crippen molar-refractivity contribution in [3.63, 3.8) is 0 Å². The highest BCUT2D eigenvalue weighted by Gasteiger charge is 2.14. The van der Waals surface area contributed by atoms with Crippen LogP contribution in [0.3, 0.4) is 0 Å². The highest BCUT2D eigenvalue weighted by atomic mass is 35.5. The van der Waals surface area contributed by atoms with Crippen LogP contribution in [-0.2, 0) is 5.88 Å². The molecule has 0 radical (unpaired) electrons. The molecule has 0 bridgehead atoms. The molecule has 0 unspecified atom stereocenters. The lowest BCUT2D eigenvalue weighted by Crippen LogP contribution is -2.32. The first kappa shape index (κ1) is 17.3. The van der Waals surface area contributed by atoms with Crippen LogP contribution < -0.4 is 4.90 Å². The van der Waals surface area contributed by atoms with Crippen molar-refractivity contribution in [1.29, 1.82) is 0 Å². The van der Waals surface area contributed by atoms with E-state index in [1.807, 2.05) is 0 Å². The third kappa shape index (κ3) is 5.32. The summed E-state index contributed by atoms with van der Waals surface area (Å²) in [6.45, 7) is 15.4. The molecule has 1 aromatic rings. The second-order valence-corrected chi connectivity index (χ2v) is 7.01. The Morgan fingerprint density at radius 3 is 1.95 bits per heavy atom. The zero-order valence-corrected chi connectivity index (χ0v) is 14.5. The van der Waals surface area contributed by atoms with Gasteiger partial charge in [0.1, 0.15) is 5.82 Å². The van der Waals surface area contributed by atoms with Gasteiger partial charge in [0.2, 0.25) is 0 Å². The number of rotatable bonds is 7. The quantitative estimate of drug-likeness (QED) is 0.654. The largest absolute Gasteiger partial charge is 0.356 e. The molecule has 0 aliphatic heterocycles. The number of nitrogens with zero attached hydrogens (tertiary/aromatic N) is 2. The number of hydrogen-bond acceptors (Lipinski definition) is 2. The molecule has 1 rings (SSSR count). The van der Waals surface area contributed by atoms with Crippen LogP contribution in [0, 0.1) is 11.8 Å². The molecule has 0 atom stereocenters. The molecule has 20 heavy (non-hydrogen) atoms. The Balaban J connectivity index is 3.13. The number of aromatic nitrogens is 1. The molecule has 1 heterocycles. The predicted molar refractivity (Wildman–Crippen MR) is 89.8 cm³/mol. The molecule has 1 aromatic heterocycles. The Hall–Kier alpha value is -0.760. The standard InChI is InChI=1S/C17H29ClN2/c1-12(2)10-20(11-13(3)4)17-8-15(9-18)7-16(19-17)14(5)6/h7-8,12-14H,9-11H2,1-6H3. The third-order valence-corrected chi connectivity index (χ3v) is 3.44. The summed E-state index contributed by atoms with van der Waals surface area (Å²) in [5.41, 5.74) is 2.30. The summed E-state index contributed by atoms with van der Waals surface area (Å²) in [5.74, 6) is 3.30. The summed E-state index contributed by atoms with van der Waals surface area (Å²) in [6, 6.07) is 4.27. The van der Waals surface area contributed by atoms with E-state index in [2.05, 4.69) is 58.6 Å². The van der Waals surface area contributed by atoms with Crippen LogP contribution in [0.4, 0.5) is 5.82 Å². The van der Waals surface area contributed by atoms with Gasteiger partial charge >= 0.3 is 0 Å². The molecular formula is C17H29ClN2. The monoisotopic (exact) mass is 296 g/mol. The SMILES string of the molecule is CC(C)CN(CC(C)C)c1cc(CCl)cc(C(C)C)n1. The van der Waals surface area contributed by atoms with Gasteiger partial charge in [0.15, 0.2) is 0 Å². The molecule has 0 aromatic carbocycles. The van der Waals surface area contributed by atoms with Gasteiger partial charge in [-0.15, -0.1) is 11.6 Å². The van der Waals surface area contributed by atoms with Gasteiger partial charge in [-0.1, -0.05) is 41.5 Å². The number of anilines is 1. The van der Waals surface area contributed by atoms with Gasteiger partial charge in [0.05, 0.1) is 0 Å². The van der Waals surface area contributed by atoms with E-state index >= 15 is 0 Å². The maximum atomic E-state index is 6.05. The van der Waals surface area contributed by atoms with Gasteiger partial charge in [0, 0.05) is 24.7 Å². The minimum atomic E-state index is 0.428. The molecule has 3 heteroatoms. The van der Waals surface area contributed by atoms with E-state index in [0.717, 1.165) is 30.2 Å². The fraction of sp³-hybridized carbons (Fsp3) is 0.706. The van der Waals surface area contributed by atoms with E-state index in [-0.39, 0.29) is 0 Å². The van der Waals surface area contributed by atoms with E-state index in [0.29, 0.717) is 23.6 Å². The van der Waals surface area contributed by atoms with E-state index in [9.17, 15) is 0 Å². The molecule has 0 saturated carbocycles. The van der Waals surface area contributed by atoms with Crippen molar-refractivity contribution in [1.82, 2.24) is 4.98 Å². The van der Waals surface area contributed by atoms with Crippen LogP contribution in [-0.4, -0.2) is 18.1 Å².